The lowest BCUT2D eigenvalue weighted by atomic mass is 10.0. The van der Waals surface area contributed by atoms with Crippen molar-refractivity contribution in [3.05, 3.63) is 93.9 Å². The molecule has 15 nitrogen and oxygen atoms in total. The van der Waals surface area contributed by atoms with Gasteiger partial charge in [-0.1, -0.05) is 12.1 Å². The molecule has 1 atom stereocenters. The maximum atomic E-state index is 15.6. The van der Waals surface area contributed by atoms with Gasteiger partial charge in [-0.05, 0) is 55.2 Å². The first-order chi connectivity index (χ1) is 28.2. The topological polar surface area (TPSA) is 175 Å². The summed E-state index contributed by atoms with van der Waals surface area (Å²) in [5.74, 6) is -4.46. The molecule has 3 N–H and O–H groups in total. The molecule has 2 saturated heterocycles. The van der Waals surface area contributed by atoms with Gasteiger partial charge < -0.3 is 29.9 Å². The molecule has 1 aromatic heterocycles. The summed E-state index contributed by atoms with van der Waals surface area (Å²) in [5.41, 5.74) is 0.874. The van der Waals surface area contributed by atoms with Gasteiger partial charge in [0.2, 0.25) is 23.6 Å². The van der Waals surface area contributed by atoms with Gasteiger partial charge in [0.15, 0.2) is 0 Å². The van der Waals surface area contributed by atoms with E-state index in [1.54, 1.807) is 37.4 Å². The second-order valence-corrected chi connectivity index (χ2v) is 14.6. The van der Waals surface area contributed by atoms with Crippen LogP contribution in [0.5, 0.6) is 17.4 Å². The number of methoxy groups -OCH3 is 1. The second-order valence-electron chi connectivity index (χ2n) is 14.6. The number of anilines is 3. The zero-order chi connectivity index (χ0) is 41.7. The number of hydrogen-bond acceptors (Lipinski definition) is 12. The van der Waals surface area contributed by atoms with Crippen LogP contribution in [0.15, 0.2) is 54.7 Å². The maximum Gasteiger partial charge on any atom is 0.423 e. The van der Waals surface area contributed by atoms with Crippen molar-refractivity contribution < 1.29 is 51.0 Å². The van der Waals surface area contributed by atoms with Crippen LogP contribution < -0.4 is 30.3 Å². The molecule has 5 amide bonds. The first-order valence-electron chi connectivity index (χ1n) is 18.7. The summed E-state index contributed by atoms with van der Waals surface area (Å²) in [6.45, 7) is 1.57. The third-order valence-corrected chi connectivity index (χ3v) is 10.8. The summed E-state index contributed by atoms with van der Waals surface area (Å²) in [4.78, 5) is 75.3. The van der Waals surface area contributed by atoms with Crippen LogP contribution in [-0.2, 0) is 28.9 Å². The van der Waals surface area contributed by atoms with E-state index in [4.69, 9.17) is 9.47 Å². The van der Waals surface area contributed by atoms with Gasteiger partial charge >= 0.3 is 6.18 Å². The minimum Gasteiger partial charge on any atom is -0.495 e. The average molecular weight is 817 g/mol. The van der Waals surface area contributed by atoms with Crippen molar-refractivity contribution in [2.24, 2.45) is 0 Å². The summed E-state index contributed by atoms with van der Waals surface area (Å²) >= 11 is 0. The van der Waals surface area contributed by atoms with E-state index in [9.17, 15) is 37.1 Å². The van der Waals surface area contributed by atoms with Gasteiger partial charge in [0.1, 0.15) is 28.9 Å². The predicted octanol–water partition coefficient (Wildman–Crippen LogP) is 4.92. The van der Waals surface area contributed by atoms with E-state index >= 15 is 4.39 Å². The maximum absolute atomic E-state index is 15.6. The molecule has 0 spiro atoms. The number of nitrogens with one attached hydrogen (secondary N) is 3. The predicted molar refractivity (Wildman–Crippen MR) is 201 cm³/mol. The first-order valence-corrected chi connectivity index (χ1v) is 18.7. The van der Waals surface area contributed by atoms with Crippen molar-refractivity contribution in [3.63, 3.8) is 0 Å². The lowest BCUT2D eigenvalue weighted by Crippen LogP contribution is -2.54. The van der Waals surface area contributed by atoms with E-state index in [1.165, 1.54) is 24.1 Å². The summed E-state index contributed by atoms with van der Waals surface area (Å²) in [6, 6.07) is 11.1. The lowest BCUT2D eigenvalue weighted by molar-refractivity contribution is -0.139. The van der Waals surface area contributed by atoms with E-state index in [-0.39, 0.29) is 77.4 Å². The Labute approximate surface area is 333 Å². The molecule has 2 fully saturated rings. The second kappa shape index (κ2) is 15.3. The molecule has 3 aromatic carbocycles. The van der Waals surface area contributed by atoms with Crippen molar-refractivity contribution in [1.82, 2.24) is 30.4 Å². The Bertz CT molecular complexity index is 2420. The summed E-state index contributed by atoms with van der Waals surface area (Å²) in [6.07, 6.45) is -2.93. The third-order valence-electron chi connectivity index (χ3n) is 10.8. The molecule has 1 unspecified atom stereocenters. The van der Waals surface area contributed by atoms with Gasteiger partial charge in [0, 0.05) is 69.2 Å². The van der Waals surface area contributed by atoms with Gasteiger partial charge in [-0.15, -0.1) is 0 Å². The zero-order valence-electron chi connectivity index (χ0n) is 31.6. The van der Waals surface area contributed by atoms with E-state index in [0.29, 0.717) is 37.7 Å². The number of carbonyl (C=O) groups excluding carboxylic acids is 5. The summed E-state index contributed by atoms with van der Waals surface area (Å²) in [5, 5.41) is 8.28. The highest BCUT2D eigenvalue weighted by Crippen LogP contribution is 2.40. The van der Waals surface area contributed by atoms with Crippen LogP contribution in [0.1, 0.15) is 73.4 Å². The molecule has 4 aromatic rings. The number of carbonyl (C=O) groups is 5. The number of alkyl halides is 3. The third kappa shape index (κ3) is 7.48. The number of ether oxygens (including phenoxy) is 2. The molecule has 8 rings (SSSR count). The monoisotopic (exact) mass is 816 g/mol. The number of imide groups is 2. The van der Waals surface area contributed by atoms with Gasteiger partial charge in [0.25, 0.3) is 17.7 Å². The van der Waals surface area contributed by atoms with Crippen LogP contribution in [0.4, 0.5) is 34.9 Å². The Kier molecular flexibility index (Phi) is 10.2. The molecule has 306 valence electrons. The number of nitrogens with zero attached hydrogens (tertiary/aromatic N) is 5. The summed E-state index contributed by atoms with van der Waals surface area (Å²) < 4.78 is 68.7. The number of piperidine rings is 2. The first kappa shape index (κ1) is 39.2. The van der Waals surface area contributed by atoms with E-state index in [2.05, 4.69) is 30.8 Å². The number of halogens is 4. The SMILES string of the molecule is COc1cc(CNC2CCN(c3ccc4c(c3)C(=O)N(C3CCC(=O)NC3=O)C4=O)CC2)c(F)cc1Nc1ncc(C(F)(F)F)c(Oc2cccc3c2C(=O)N(C)C3)n1. The van der Waals surface area contributed by atoms with Crippen molar-refractivity contribution >= 4 is 46.9 Å². The Hall–Kier alpha value is -6.63. The molecular weight excluding hydrogens is 780 g/mol. The van der Waals surface area contributed by atoms with E-state index in [0.717, 1.165) is 16.7 Å². The Morgan fingerprint density at radius 3 is 2.42 bits per heavy atom. The van der Waals surface area contributed by atoms with Crippen molar-refractivity contribution in [2.75, 3.05) is 37.5 Å². The average Bonchev–Trinajstić information content (AvgIpc) is 3.64. The molecule has 59 heavy (non-hydrogen) atoms. The molecule has 5 heterocycles. The fraction of sp³-hybridized carbons (Fsp3) is 0.325. The Balaban J connectivity index is 0.910. The number of fused-ring (bicyclic) bond motifs is 2. The smallest absolute Gasteiger partial charge is 0.423 e. The molecule has 0 aliphatic carbocycles. The fourth-order valence-corrected chi connectivity index (χ4v) is 7.73. The lowest BCUT2D eigenvalue weighted by Gasteiger charge is -2.34. The van der Waals surface area contributed by atoms with Gasteiger partial charge in [-0.25, -0.2) is 9.37 Å². The van der Waals surface area contributed by atoms with Crippen LogP contribution in [0.2, 0.25) is 0 Å². The van der Waals surface area contributed by atoms with Gasteiger partial charge in [0.05, 0.1) is 29.5 Å². The van der Waals surface area contributed by atoms with E-state index < -0.39 is 59.0 Å². The number of amides is 5. The number of hydrogen-bond donors (Lipinski definition) is 3. The van der Waals surface area contributed by atoms with Crippen molar-refractivity contribution in [1.29, 1.82) is 0 Å². The van der Waals surface area contributed by atoms with E-state index in [1.807, 2.05) is 0 Å². The number of rotatable bonds is 10. The van der Waals surface area contributed by atoms with Gasteiger partial charge in [-0.3, -0.25) is 34.2 Å². The normalized spacial score (nSPS) is 18.3. The standard InChI is InChI=1S/C40H36F4N8O7/c1-50-19-20-4-3-5-30(33(20)38(50)57)59-35-26(40(42,43)44)18-46-39(49-35)47-28-16-27(41)21(14-31(28)58-2)17-45-22-10-12-51(13-11-22)23-6-7-24-25(15-23)37(56)52(36(24)55)29-8-9-32(53)48-34(29)54/h3-7,14-16,18,22,29,45H,8-13,17,19H2,1-2H3,(H,46,47,49)(H,48,53,54). The highest BCUT2D eigenvalue weighted by atomic mass is 19.4. The highest BCUT2D eigenvalue weighted by molar-refractivity contribution is 6.23. The Morgan fingerprint density at radius 1 is 0.932 bits per heavy atom. The quantitative estimate of drug-likeness (QED) is 0.146. The minimum atomic E-state index is -4.89. The molecule has 0 radical (unpaired) electrons. The van der Waals surface area contributed by atoms with Crippen LogP contribution in [-0.4, -0.2) is 88.6 Å². The molecule has 0 saturated carbocycles. The molecule has 4 aliphatic heterocycles. The molecule has 19 heteroatoms. The molecule has 4 aliphatic rings. The van der Waals surface area contributed by atoms with Crippen LogP contribution in [0.3, 0.4) is 0 Å². The van der Waals surface area contributed by atoms with Crippen molar-refractivity contribution in [2.45, 2.75) is 57.0 Å². The fourth-order valence-electron chi connectivity index (χ4n) is 7.73. The highest BCUT2D eigenvalue weighted by Gasteiger charge is 2.45. The van der Waals surface area contributed by atoms with Crippen LogP contribution in [0.25, 0.3) is 0 Å². The molecule has 0 bridgehead atoms. The van der Waals surface area contributed by atoms with Gasteiger partial charge in [-0.2, -0.15) is 18.2 Å². The Morgan fingerprint density at radius 2 is 1.69 bits per heavy atom. The van der Waals surface area contributed by atoms with Crippen LogP contribution >= 0.6 is 0 Å². The van der Waals surface area contributed by atoms with Crippen LogP contribution in [0, 0.1) is 5.82 Å². The molecular formula is C40H36F4N8O7. The zero-order valence-corrected chi connectivity index (χ0v) is 31.6. The number of benzene rings is 3. The number of aromatic nitrogens is 2. The summed E-state index contributed by atoms with van der Waals surface area (Å²) in [7, 11) is 2.92. The minimum absolute atomic E-state index is 0.00407. The van der Waals surface area contributed by atoms with Crippen molar-refractivity contribution in [3.8, 4) is 17.4 Å². The largest absolute Gasteiger partial charge is 0.495 e.